The molecule has 1 aromatic heterocycles. The molecule has 1 aliphatic carbocycles. The summed E-state index contributed by atoms with van der Waals surface area (Å²) in [6, 6.07) is 6.18. The second kappa shape index (κ2) is 6.61. The van der Waals surface area contributed by atoms with Crippen molar-refractivity contribution in [3.05, 3.63) is 51.2 Å². The Morgan fingerprint density at radius 1 is 1.38 bits per heavy atom. The number of rotatable bonds is 4. The highest BCUT2D eigenvalue weighted by molar-refractivity contribution is 7.08. The van der Waals surface area contributed by atoms with Crippen molar-refractivity contribution in [2.24, 2.45) is 0 Å². The number of nitrogens with one attached hydrogen (secondary N) is 1. The third kappa shape index (κ3) is 3.08. The smallest absolute Gasteiger partial charge is 0.247 e. The Bertz CT molecular complexity index is 798. The number of halogens is 1. The van der Waals surface area contributed by atoms with E-state index in [1.165, 1.54) is 5.56 Å². The number of hydrogen-bond acceptors (Lipinski definition) is 3. The first-order valence-corrected chi connectivity index (χ1v) is 9.51. The average Bonchev–Trinajstić information content (AvgIpc) is 3.32. The van der Waals surface area contributed by atoms with Crippen LogP contribution in [0.3, 0.4) is 0 Å². The number of ether oxygens (including phenoxy) is 1. The Balaban J connectivity index is 1.44. The summed E-state index contributed by atoms with van der Waals surface area (Å²) in [5.74, 6) is 0.798. The highest BCUT2D eigenvalue weighted by Crippen LogP contribution is 2.39. The Morgan fingerprint density at radius 2 is 2.29 bits per heavy atom. The van der Waals surface area contributed by atoms with E-state index in [0.29, 0.717) is 11.6 Å². The van der Waals surface area contributed by atoms with Crippen LogP contribution in [0.5, 0.6) is 5.75 Å². The van der Waals surface area contributed by atoms with Crippen molar-refractivity contribution < 1.29 is 9.53 Å². The van der Waals surface area contributed by atoms with E-state index in [1.54, 1.807) is 11.3 Å². The van der Waals surface area contributed by atoms with Gasteiger partial charge in [-0.25, -0.2) is 0 Å². The van der Waals surface area contributed by atoms with Gasteiger partial charge in [-0.05, 0) is 59.3 Å². The molecular weight excluding hydrogens is 342 g/mol. The molecular formula is C19H18ClNO2S. The average molecular weight is 360 g/mol. The Labute approximate surface area is 150 Å². The number of carbonyl (C=O) groups is 1. The van der Waals surface area contributed by atoms with Gasteiger partial charge in [0.1, 0.15) is 11.9 Å². The van der Waals surface area contributed by atoms with Crippen LogP contribution in [0.25, 0.3) is 11.1 Å². The third-order valence-corrected chi connectivity index (χ3v) is 5.49. The van der Waals surface area contributed by atoms with Crippen molar-refractivity contribution in [3.63, 3.8) is 0 Å². The molecule has 0 bridgehead atoms. The number of fused-ring (bicyclic) bond motifs is 1. The van der Waals surface area contributed by atoms with Crippen LogP contribution >= 0.6 is 22.9 Å². The van der Waals surface area contributed by atoms with Crippen molar-refractivity contribution in [3.8, 4) is 16.9 Å². The first kappa shape index (κ1) is 15.7. The molecule has 0 spiro atoms. The summed E-state index contributed by atoms with van der Waals surface area (Å²) in [6.07, 6.45) is 5.72. The third-order valence-electron chi connectivity index (χ3n) is 4.53. The Morgan fingerprint density at radius 3 is 3.04 bits per heavy atom. The van der Waals surface area contributed by atoms with Gasteiger partial charge in [0.25, 0.3) is 0 Å². The lowest BCUT2D eigenvalue weighted by molar-refractivity contribution is -0.117. The van der Waals surface area contributed by atoms with Crippen molar-refractivity contribution in [2.45, 2.75) is 31.8 Å². The fourth-order valence-corrected chi connectivity index (χ4v) is 4.24. The molecule has 4 rings (SSSR count). The predicted molar refractivity (Wildman–Crippen MR) is 97.8 cm³/mol. The molecule has 5 heteroatoms. The maximum atomic E-state index is 12.1. The van der Waals surface area contributed by atoms with Crippen LogP contribution in [-0.2, 0) is 11.2 Å². The summed E-state index contributed by atoms with van der Waals surface area (Å²) >= 11 is 8.08. The summed E-state index contributed by atoms with van der Waals surface area (Å²) in [6.45, 7) is 0.509. The zero-order valence-electron chi connectivity index (χ0n) is 13.2. The van der Waals surface area contributed by atoms with Gasteiger partial charge in [0.2, 0.25) is 5.91 Å². The molecule has 2 aromatic rings. The van der Waals surface area contributed by atoms with Crippen LogP contribution in [0.1, 0.15) is 24.8 Å². The van der Waals surface area contributed by atoms with Crippen molar-refractivity contribution >= 4 is 28.8 Å². The quantitative estimate of drug-likeness (QED) is 0.866. The van der Waals surface area contributed by atoms with E-state index < -0.39 is 0 Å². The van der Waals surface area contributed by atoms with E-state index in [-0.39, 0.29) is 12.0 Å². The van der Waals surface area contributed by atoms with E-state index in [4.69, 9.17) is 16.3 Å². The summed E-state index contributed by atoms with van der Waals surface area (Å²) in [7, 11) is 0. The van der Waals surface area contributed by atoms with E-state index in [9.17, 15) is 4.79 Å². The fraction of sp³-hybridized carbons (Fsp3) is 0.316. The van der Waals surface area contributed by atoms with Crippen LogP contribution in [0, 0.1) is 0 Å². The molecule has 0 saturated carbocycles. The number of benzene rings is 1. The van der Waals surface area contributed by atoms with E-state index >= 15 is 0 Å². The van der Waals surface area contributed by atoms with Crippen LogP contribution in [0.15, 0.2) is 40.6 Å². The second-order valence-electron chi connectivity index (χ2n) is 6.23. The second-order valence-corrected chi connectivity index (χ2v) is 7.42. The molecule has 2 heterocycles. The molecule has 1 amide bonds. The minimum absolute atomic E-state index is 0.0390. The molecule has 0 saturated heterocycles. The van der Waals surface area contributed by atoms with Gasteiger partial charge in [-0.1, -0.05) is 17.7 Å². The van der Waals surface area contributed by atoms with Gasteiger partial charge in [0.15, 0.2) is 0 Å². The fourth-order valence-electron chi connectivity index (χ4n) is 3.29. The molecule has 1 unspecified atom stereocenters. The molecule has 124 valence electrons. The Kier molecular flexibility index (Phi) is 4.33. The summed E-state index contributed by atoms with van der Waals surface area (Å²) in [4.78, 5) is 12.1. The van der Waals surface area contributed by atoms with Crippen LogP contribution in [0.2, 0.25) is 5.02 Å². The van der Waals surface area contributed by atoms with Gasteiger partial charge in [-0.3, -0.25) is 4.79 Å². The molecule has 1 aliphatic heterocycles. The predicted octanol–water partition coefficient (Wildman–Crippen LogP) is 4.60. The first-order valence-electron chi connectivity index (χ1n) is 8.19. The normalized spacial score (nSPS) is 18.9. The van der Waals surface area contributed by atoms with Gasteiger partial charge >= 0.3 is 0 Å². The molecule has 1 atom stereocenters. The number of allylic oxidation sites excluding steroid dienone is 1. The highest BCUT2D eigenvalue weighted by atomic mass is 35.5. The molecule has 24 heavy (non-hydrogen) atoms. The number of thiophene rings is 1. The van der Waals surface area contributed by atoms with E-state index in [0.717, 1.165) is 48.1 Å². The van der Waals surface area contributed by atoms with Crippen molar-refractivity contribution in [2.75, 3.05) is 6.54 Å². The van der Waals surface area contributed by atoms with Crippen LogP contribution in [0.4, 0.5) is 0 Å². The van der Waals surface area contributed by atoms with Crippen molar-refractivity contribution in [1.82, 2.24) is 5.32 Å². The number of amides is 1. The first-order chi connectivity index (χ1) is 11.7. The van der Waals surface area contributed by atoms with E-state index in [2.05, 4.69) is 28.2 Å². The molecule has 2 aliphatic rings. The molecule has 1 N–H and O–H groups in total. The molecule has 0 fully saturated rings. The summed E-state index contributed by atoms with van der Waals surface area (Å²) < 4.78 is 5.96. The minimum Gasteiger partial charge on any atom is -0.486 e. The van der Waals surface area contributed by atoms with Crippen LogP contribution in [-0.4, -0.2) is 18.6 Å². The molecule has 3 nitrogen and oxygen atoms in total. The topological polar surface area (TPSA) is 38.3 Å². The minimum atomic E-state index is -0.0545. The van der Waals surface area contributed by atoms with Gasteiger partial charge in [0.05, 0.1) is 11.6 Å². The Hall–Kier alpha value is -1.78. The maximum Gasteiger partial charge on any atom is 0.247 e. The summed E-state index contributed by atoms with van der Waals surface area (Å²) in [5.41, 5.74) is 4.31. The molecule has 1 aromatic carbocycles. The van der Waals surface area contributed by atoms with Gasteiger partial charge in [-0.15, -0.1) is 0 Å². The zero-order chi connectivity index (χ0) is 16.5. The lowest BCUT2D eigenvalue weighted by atomic mass is 10.0. The maximum absolute atomic E-state index is 12.1. The van der Waals surface area contributed by atoms with Gasteiger partial charge in [-0.2, -0.15) is 11.3 Å². The lowest BCUT2D eigenvalue weighted by Crippen LogP contribution is -2.35. The van der Waals surface area contributed by atoms with Gasteiger partial charge in [0, 0.05) is 17.6 Å². The highest BCUT2D eigenvalue weighted by Gasteiger charge is 2.27. The molecule has 0 radical (unpaired) electrons. The van der Waals surface area contributed by atoms with Crippen LogP contribution < -0.4 is 10.1 Å². The summed E-state index contributed by atoms with van der Waals surface area (Å²) in [5, 5.41) is 7.80. The number of hydrogen-bond donors (Lipinski definition) is 1. The van der Waals surface area contributed by atoms with E-state index in [1.807, 2.05) is 12.1 Å². The zero-order valence-corrected chi connectivity index (χ0v) is 14.8. The van der Waals surface area contributed by atoms with Crippen molar-refractivity contribution in [1.29, 1.82) is 0 Å². The standard InChI is InChI=1S/C19H18ClNO2S/c20-17-9-14(13-5-6-24-11-13)7-15-8-16(23-18(15)17)10-21-19(22)12-3-1-2-4-12/h3,5-7,9,11,16H,1-2,4,8,10H2,(H,21,22). The lowest BCUT2D eigenvalue weighted by Gasteiger charge is -2.12. The SMILES string of the molecule is O=C(NCC1Cc2cc(-c3ccsc3)cc(Cl)c2O1)C1=CCCC1. The van der Waals surface area contributed by atoms with Gasteiger partial charge < -0.3 is 10.1 Å². The monoisotopic (exact) mass is 359 g/mol. The largest absolute Gasteiger partial charge is 0.486 e. The number of carbonyl (C=O) groups excluding carboxylic acids is 1.